The predicted octanol–water partition coefficient (Wildman–Crippen LogP) is 2.30. The van der Waals surface area contributed by atoms with Crippen LogP contribution in [0.25, 0.3) is 0 Å². The van der Waals surface area contributed by atoms with Gasteiger partial charge in [-0.05, 0) is 12.8 Å². The molecule has 1 aromatic rings. The second kappa shape index (κ2) is 6.50. The molecule has 0 radical (unpaired) electrons. The fraction of sp³-hybridized carbons (Fsp3) is 0.500. The summed E-state index contributed by atoms with van der Waals surface area (Å²) in [5.41, 5.74) is -0.0433. The Balaban J connectivity index is 2.29. The molecule has 0 fully saturated rings. The van der Waals surface area contributed by atoms with E-state index < -0.39 is 24.5 Å². The number of aromatic carboxylic acids is 1. The van der Waals surface area contributed by atoms with E-state index >= 15 is 0 Å². The molecule has 1 aromatic heterocycles. The molecule has 106 valence electrons. The maximum absolute atomic E-state index is 11.8. The molecule has 5 nitrogen and oxygen atoms in total. The van der Waals surface area contributed by atoms with Crippen molar-refractivity contribution in [3.63, 3.8) is 0 Å². The molecular formula is C10H11F3N2O3S. The molecule has 0 bridgehead atoms. The highest BCUT2D eigenvalue weighted by Gasteiger charge is 2.25. The first-order valence-corrected chi connectivity index (χ1v) is 6.21. The number of carboxylic acids is 1. The normalized spacial score (nSPS) is 11.3. The van der Waals surface area contributed by atoms with E-state index in [4.69, 9.17) is 5.11 Å². The molecule has 0 aromatic carbocycles. The fourth-order valence-electron chi connectivity index (χ4n) is 1.22. The first-order chi connectivity index (χ1) is 8.79. The van der Waals surface area contributed by atoms with Gasteiger partial charge in [-0.15, -0.1) is 11.3 Å². The highest BCUT2D eigenvalue weighted by atomic mass is 32.1. The smallest absolute Gasteiger partial charge is 0.389 e. The summed E-state index contributed by atoms with van der Waals surface area (Å²) in [4.78, 5) is 25.6. The molecule has 1 rings (SSSR count). The van der Waals surface area contributed by atoms with Crippen molar-refractivity contribution >= 4 is 23.2 Å². The molecule has 1 heterocycles. The van der Waals surface area contributed by atoms with Crippen LogP contribution in [0.4, 0.5) is 13.2 Å². The molecule has 0 saturated carbocycles. The van der Waals surface area contributed by atoms with Gasteiger partial charge in [0, 0.05) is 18.3 Å². The van der Waals surface area contributed by atoms with Crippen LogP contribution in [0.2, 0.25) is 0 Å². The number of carboxylic acid groups (broad SMARTS) is 1. The van der Waals surface area contributed by atoms with Crippen LogP contribution in [0.15, 0.2) is 5.38 Å². The quantitative estimate of drug-likeness (QED) is 0.789. The number of amides is 1. The van der Waals surface area contributed by atoms with E-state index in [2.05, 4.69) is 10.3 Å². The summed E-state index contributed by atoms with van der Waals surface area (Å²) in [6.07, 6.45) is -4.94. The summed E-state index contributed by atoms with van der Waals surface area (Å²) in [5, 5.41) is 12.1. The molecule has 0 aliphatic carbocycles. The Morgan fingerprint density at radius 2 is 2.05 bits per heavy atom. The first-order valence-electron chi connectivity index (χ1n) is 5.33. The Labute approximate surface area is 110 Å². The number of rotatable bonds is 6. The zero-order valence-electron chi connectivity index (χ0n) is 9.66. The predicted molar refractivity (Wildman–Crippen MR) is 61.3 cm³/mol. The van der Waals surface area contributed by atoms with Crippen LogP contribution in [0.1, 0.15) is 39.6 Å². The zero-order chi connectivity index (χ0) is 14.5. The number of unbranched alkanes of at least 4 members (excludes halogenated alkanes) is 1. The van der Waals surface area contributed by atoms with Crippen LogP contribution >= 0.6 is 11.3 Å². The summed E-state index contributed by atoms with van der Waals surface area (Å²) in [7, 11) is 0. The van der Waals surface area contributed by atoms with E-state index in [9.17, 15) is 22.8 Å². The highest BCUT2D eigenvalue weighted by Crippen LogP contribution is 2.21. The monoisotopic (exact) mass is 296 g/mol. The maximum Gasteiger partial charge on any atom is 0.389 e. The Bertz CT molecular complexity index is 459. The van der Waals surface area contributed by atoms with Gasteiger partial charge in [-0.1, -0.05) is 0 Å². The number of hydrogen-bond donors (Lipinski definition) is 2. The lowest BCUT2D eigenvalue weighted by Crippen LogP contribution is -2.25. The van der Waals surface area contributed by atoms with Gasteiger partial charge in [0.15, 0.2) is 0 Å². The van der Waals surface area contributed by atoms with E-state index in [1.807, 2.05) is 0 Å². The van der Waals surface area contributed by atoms with E-state index in [1.165, 1.54) is 5.38 Å². The van der Waals surface area contributed by atoms with E-state index in [0.29, 0.717) is 0 Å². The zero-order valence-corrected chi connectivity index (χ0v) is 10.5. The van der Waals surface area contributed by atoms with Crippen molar-refractivity contribution < 1.29 is 27.9 Å². The number of aromatic nitrogens is 1. The van der Waals surface area contributed by atoms with Crippen LogP contribution in [0, 0.1) is 0 Å². The third-order valence-electron chi connectivity index (χ3n) is 2.09. The largest absolute Gasteiger partial charge is 0.476 e. The molecule has 9 heteroatoms. The minimum Gasteiger partial charge on any atom is -0.476 e. The van der Waals surface area contributed by atoms with Crippen LogP contribution in [0.3, 0.4) is 0 Å². The minimum atomic E-state index is -4.19. The highest BCUT2D eigenvalue weighted by molar-refractivity contribution is 7.11. The lowest BCUT2D eigenvalue weighted by Gasteiger charge is -2.06. The number of alkyl halides is 3. The van der Waals surface area contributed by atoms with Crippen molar-refractivity contribution in [1.82, 2.24) is 10.3 Å². The van der Waals surface area contributed by atoms with Gasteiger partial charge in [0.25, 0.3) is 5.91 Å². The molecule has 0 spiro atoms. The van der Waals surface area contributed by atoms with Gasteiger partial charge >= 0.3 is 12.1 Å². The van der Waals surface area contributed by atoms with Gasteiger partial charge in [-0.25, -0.2) is 9.78 Å². The average molecular weight is 296 g/mol. The summed E-state index contributed by atoms with van der Waals surface area (Å²) in [5.74, 6) is -1.81. The third-order valence-corrected chi connectivity index (χ3v) is 2.92. The van der Waals surface area contributed by atoms with Crippen LogP contribution < -0.4 is 5.32 Å². The number of halogens is 3. The Morgan fingerprint density at radius 3 is 2.58 bits per heavy atom. The Morgan fingerprint density at radius 1 is 1.37 bits per heavy atom. The molecule has 0 saturated heterocycles. The number of nitrogens with zero attached hydrogens (tertiary/aromatic N) is 1. The fourth-order valence-corrected chi connectivity index (χ4v) is 1.85. The Hall–Kier alpha value is -1.64. The second-order valence-electron chi connectivity index (χ2n) is 3.67. The van der Waals surface area contributed by atoms with Crippen molar-refractivity contribution in [2.45, 2.75) is 25.4 Å². The van der Waals surface area contributed by atoms with Crippen molar-refractivity contribution in [3.05, 3.63) is 16.1 Å². The SMILES string of the molecule is O=C(NCCCCC(F)(F)F)c1csc(C(=O)O)n1. The molecule has 0 unspecified atom stereocenters. The maximum atomic E-state index is 11.8. The summed E-state index contributed by atoms with van der Waals surface area (Å²) in [6, 6.07) is 0. The van der Waals surface area contributed by atoms with Gasteiger partial charge in [-0.2, -0.15) is 13.2 Å². The van der Waals surface area contributed by atoms with Crippen LogP contribution in [-0.4, -0.2) is 34.7 Å². The van der Waals surface area contributed by atoms with Gasteiger partial charge < -0.3 is 10.4 Å². The van der Waals surface area contributed by atoms with E-state index in [1.54, 1.807) is 0 Å². The average Bonchev–Trinajstić information content (AvgIpc) is 2.76. The second-order valence-corrected chi connectivity index (χ2v) is 4.53. The molecule has 1 amide bonds. The van der Waals surface area contributed by atoms with Crippen molar-refractivity contribution in [2.75, 3.05) is 6.54 Å². The van der Waals surface area contributed by atoms with E-state index in [-0.39, 0.29) is 30.1 Å². The molecule has 0 atom stereocenters. The van der Waals surface area contributed by atoms with Gasteiger partial charge in [0.1, 0.15) is 5.69 Å². The third kappa shape index (κ3) is 5.69. The number of hydrogen-bond acceptors (Lipinski definition) is 4. The molecular weight excluding hydrogens is 285 g/mol. The number of nitrogens with one attached hydrogen (secondary N) is 1. The van der Waals surface area contributed by atoms with Crippen LogP contribution in [0.5, 0.6) is 0 Å². The molecule has 19 heavy (non-hydrogen) atoms. The number of carbonyl (C=O) groups excluding carboxylic acids is 1. The standard InChI is InChI=1S/C10H11F3N2O3S/c11-10(12,13)3-1-2-4-14-7(16)6-5-19-8(15-6)9(17)18/h5H,1-4H2,(H,14,16)(H,17,18). The summed E-state index contributed by atoms with van der Waals surface area (Å²) in [6.45, 7) is 0.0921. The van der Waals surface area contributed by atoms with Gasteiger partial charge in [0.05, 0.1) is 0 Å². The minimum absolute atomic E-state index is 0.0433. The summed E-state index contributed by atoms with van der Waals surface area (Å²) >= 11 is 0.813. The van der Waals surface area contributed by atoms with Gasteiger partial charge in [-0.3, -0.25) is 4.79 Å². The van der Waals surface area contributed by atoms with Crippen molar-refractivity contribution in [1.29, 1.82) is 0 Å². The van der Waals surface area contributed by atoms with Gasteiger partial charge in [0.2, 0.25) is 5.01 Å². The van der Waals surface area contributed by atoms with E-state index in [0.717, 1.165) is 11.3 Å². The summed E-state index contributed by atoms with van der Waals surface area (Å²) < 4.78 is 35.5. The lowest BCUT2D eigenvalue weighted by atomic mass is 10.2. The molecule has 0 aliphatic rings. The molecule has 2 N–H and O–H groups in total. The van der Waals surface area contributed by atoms with Crippen molar-refractivity contribution in [2.24, 2.45) is 0 Å². The number of carbonyl (C=O) groups is 2. The van der Waals surface area contributed by atoms with Crippen molar-refractivity contribution in [3.8, 4) is 0 Å². The lowest BCUT2D eigenvalue weighted by molar-refractivity contribution is -0.135. The van der Waals surface area contributed by atoms with Crippen LogP contribution in [-0.2, 0) is 0 Å². The molecule has 0 aliphatic heterocycles. The number of thiazole rings is 1. The first kappa shape index (κ1) is 15.4. The Kier molecular flexibility index (Phi) is 5.28. The topological polar surface area (TPSA) is 79.3 Å².